The van der Waals surface area contributed by atoms with Crippen molar-refractivity contribution in [2.24, 2.45) is 0 Å². The summed E-state index contributed by atoms with van der Waals surface area (Å²) in [4.78, 5) is 28.4. The molecule has 3 rings (SSSR count). The van der Waals surface area contributed by atoms with E-state index < -0.39 is 18.5 Å². The molecule has 0 radical (unpaired) electrons. The number of nitrogens with one attached hydrogen (secondary N) is 1. The number of nitrogens with zero attached hydrogens (tertiary/aromatic N) is 1. The number of amides is 1. The zero-order valence-corrected chi connectivity index (χ0v) is 14.8. The summed E-state index contributed by atoms with van der Waals surface area (Å²) in [7, 11) is 1.46. The average molecular weight is 368 g/mol. The van der Waals surface area contributed by atoms with Crippen LogP contribution in [0.25, 0.3) is 11.3 Å². The van der Waals surface area contributed by atoms with Gasteiger partial charge in [0.1, 0.15) is 11.3 Å². The number of carbonyl (C=O) groups excluding carboxylic acids is 2. The smallest absolute Gasteiger partial charge is 0.342 e. The predicted molar refractivity (Wildman–Crippen MR) is 99.5 cm³/mol. The maximum atomic E-state index is 12.1. The van der Waals surface area contributed by atoms with E-state index in [1.807, 2.05) is 35.7 Å². The third-order valence-corrected chi connectivity index (χ3v) is 4.24. The second-order valence-electron chi connectivity index (χ2n) is 5.23. The van der Waals surface area contributed by atoms with Crippen LogP contribution in [-0.4, -0.2) is 30.6 Å². The van der Waals surface area contributed by atoms with Crippen LogP contribution in [0, 0.1) is 0 Å². The fourth-order valence-electron chi connectivity index (χ4n) is 2.25. The van der Waals surface area contributed by atoms with Gasteiger partial charge in [0.2, 0.25) is 0 Å². The fraction of sp³-hybridized carbons (Fsp3) is 0.105. The fourth-order valence-corrected chi connectivity index (χ4v) is 2.99. The lowest BCUT2D eigenvalue weighted by Gasteiger charge is -2.08. The van der Waals surface area contributed by atoms with E-state index in [1.54, 1.807) is 24.3 Å². The number of anilines is 1. The molecule has 0 fully saturated rings. The van der Waals surface area contributed by atoms with Crippen molar-refractivity contribution in [3.8, 4) is 17.0 Å². The van der Waals surface area contributed by atoms with E-state index in [0.29, 0.717) is 10.9 Å². The minimum absolute atomic E-state index is 0.267. The Hall–Kier alpha value is -3.19. The summed E-state index contributed by atoms with van der Waals surface area (Å²) >= 11 is 1.31. The molecule has 7 heteroatoms. The number of rotatable bonds is 6. The highest BCUT2D eigenvalue weighted by atomic mass is 32.1. The molecule has 1 heterocycles. The van der Waals surface area contributed by atoms with Crippen molar-refractivity contribution < 1.29 is 19.1 Å². The van der Waals surface area contributed by atoms with Crippen molar-refractivity contribution in [1.82, 2.24) is 4.98 Å². The van der Waals surface area contributed by atoms with E-state index in [2.05, 4.69) is 10.3 Å². The predicted octanol–water partition coefficient (Wildman–Crippen LogP) is 3.61. The van der Waals surface area contributed by atoms with Gasteiger partial charge in [-0.2, -0.15) is 0 Å². The van der Waals surface area contributed by atoms with Crippen LogP contribution in [0.5, 0.6) is 5.75 Å². The number of methoxy groups -OCH3 is 1. The molecule has 0 bridgehead atoms. The van der Waals surface area contributed by atoms with E-state index in [0.717, 1.165) is 11.3 Å². The highest BCUT2D eigenvalue weighted by Crippen LogP contribution is 2.24. The Morgan fingerprint density at radius 3 is 2.58 bits per heavy atom. The third kappa shape index (κ3) is 4.25. The van der Waals surface area contributed by atoms with Crippen LogP contribution in [0.3, 0.4) is 0 Å². The summed E-state index contributed by atoms with van der Waals surface area (Å²) in [5.41, 5.74) is 2.01. The van der Waals surface area contributed by atoms with E-state index in [-0.39, 0.29) is 5.56 Å². The minimum Gasteiger partial charge on any atom is -0.496 e. The second kappa shape index (κ2) is 8.26. The van der Waals surface area contributed by atoms with E-state index in [4.69, 9.17) is 9.47 Å². The highest BCUT2D eigenvalue weighted by Gasteiger charge is 2.15. The maximum Gasteiger partial charge on any atom is 0.342 e. The number of benzene rings is 2. The molecule has 0 aliphatic heterocycles. The lowest BCUT2D eigenvalue weighted by Crippen LogP contribution is -2.21. The first-order valence-corrected chi connectivity index (χ1v) is 8.66. The molecule has 0 aliphatic carbocycles. The Labute approximate surface area is 154 Å². The normalized spacial score (nSPS) is 10.2. The van der Waals surface area contributed by atoms with Crippen LogP contribution in [0.1, 0.15) is 10.4 Å². The molecular weight excluding hydrogens is 352 g/mol. The Bertz CT molecular complexity index is 909. The zero-order valence-electron chi connectivity index (χ0n) is 14.0. The van der Waals surface area contributed by atoms with Crippen molar-refractivity contribution in [3.63, 3.8) is 0 Å². The van der Waals surface area contributed by atoms with E-state index in [9.17, 15) is 9.59 Å². The number of aromatic nitrogens is 1. The van der Waals surface area contributed by atoms with Crippen LogP contribution in [0.15, 0.2) is 60.0 Å². The molecule has 1 amide bonds. The molecule has 2 aromatic carbocycles. The van der Waals surface area contributed by atoms with Crippen LogP contribution < -0.4 is 10.1 Å². The average Bonchev–Trinajstić information content (AvgIpc) is 3.15. The minimum atomic E-state index is -0.623. The summed E-state index contributed by atoms with van der Waals surface area (Å²) in [6.45, 7) is -0.406. The SMILES string of the molecule is COc1ccccc1C(=O)OCC(=O)Nc1nc(-c2ccccc2)cs1. The van der Waals surface area contributed by atoms with Gasteiger partial charge < -0.3 is 9.47 Å². The van der Waals surface area contributed by atoms with Gasteiger partial charge in [-0.15, -0.1) is 11.3 Å². The van der Waals surface area contributed by atoms with Gasteiger partial charge in [-0.1, -0.05) is 42.5 Å². The van der Waals surface area contributed by atoms with Gasteiger partial charge in [-0.25, -0.2) is 9.78 Å². The molecule has 26 heavy (non-hydrogen) atoms. The number of para-hydroxylation sites is 1. The number of hydrogen-bond donors (Lipinski definition) is 1. The van der Waals surface area contributed by atoms with Crippen molar-refractivity contribution in [3.05, 3.63) is 65.5 Å². The molecule has 3 aromatic rings. The van der Waals surface area contributed by atoms with Crippen molar-refractivity contribution >= 4 is 28.3 Å². The highest BCUT2D eigenvalue weighted by molar-refractivity contribution is 7.14. The molecule has 6 nitrogen and oxygen atoms in total. The van der Waals surface area contributed by atoms with Gasteiger partial charge in [0.25, 0.3) is 5.91 Å². The van der Waals surface area contributed by atoms with Gasteiger partial charge in [0.15, 0.2) is 11.7 Å². The van der Waals surface area contributed by atoms with Gasteiger partial charge in [-0.05, 0) is 12.1 Å². The molecule has 0 atom stereocenters. The largest absolute Gasteiger partial charge is 0.496 e. The Morgan fingerprint density at radius 1 is 1.08 bits per heavy atom. The monoisotopic (exact) mass is 368 g/mol. The summed E-state index contributed by atoms with van der Waals surface area (Å²) in [5, 5.41) is 4.93. The molecule has 0 saturated heterocycles. The molecule has 1 aromatic heterocycles. The van der Waals surface area contributed by atoms with Crippen LogP contribution in [-0.2, 0) is 9.53 Å². The Balaban J connectivity index is 1.56. The molecule has 0 spiro atoms. The zero-order chi connectivity index (χ0) is 18.4. The van der Waals surface area contributed by atoms with Crippen molar-refractivity contribution in [2.75, 3.05) is 19.0 Å². The van der Waals surface area contributed by atoms with E-state index >= 15 is 0 Å². The van der Waals surface area contributed by atoms with Crippen LogP contribution in [0.4, 0.5) is 5.13 Å². The Kier molecular flexibility index (Phi) is 5.60. The van der Waals surface area contributed by atoms with Gasteiger partial charge in [0, 0.05) is 10.9 Å². The summed E-state index contributed by atoms with van der Waals surface area (Å²) in [6, 6.07) is 16.3. The van der Waals surface area contributed by atoms with Gasteiger partial charge in [-0.3, -0.25) is 10.1 Å². The first kappa shape index (κ1) is 17.6. The summed E-state index contributed by atoms with van der Waals surface area (Å²) in [6.07, 6.45) is 0. The molecule has 0 unspecified atom stereocenters. The number of carbonyl (C=O) groups is 2. The quantitative estimate of drug-likeness (QED) is 0.673. The van der Waals surface area contributed by atoms with Crippen molar-refractivity contribution in [1.29, 1.82) is 0 Å². The molecule has 132 valence electrons. The van der Waals surface area contributed by atoms with Gasteiger partial charge in [0.05, 0.1) is 12.8 Å². The second-order valence-corrected chi connectivity index (χ2v) is 6.09. The summed E-state index contributed by atoms with van der Waals surface area (Å²) < 4.78 is 10.1. The lowest BCUT2D eigenvalue weighted by atomic mass is 10.2. The molecule has 1 N–H and O–H groups in total. The number of hydrogen-bond acceptors (Lipinski definition) is 6. The van der Waals surface area contributed by atoms with Crippen LogP contribution >= 0.6 is 11.3 Å². The maximum absolute atomic E-state index is 12.1. The number of thiazole rings is 1. The number of esters is 1. The van der Waals surface area contributed by atoms with Gasteiger partial charge >= 0.3 is 5.97 Å². The topological polar surface area (TPSA) is 77.5 Å². The lowest BCUT2D eigenvalue weighted by molar-refractivity contribution is -0.119. The molecule has 0 saturated carbocycles. The standard InChI is InChI=1S/C19H16N2O4S/c1-24-16-10-6-5-9-14(16)18(23)25-11-17(22)21-19-20-15(12-26-19)13-7-3-2-4-8-13/h2-10,12H,11H2,1H3,(H,20,21,22). The van der Waals surface area contributed by atoms with Crippen molar-refractivity contribution in [2.45, 2.75) is 0 Å². The van der Waals surface area contributed by atoms with Crippen LogP contribution in [0.2, 0.25) is 0 Å². The molecular formula is C19H16N2O4S. The summed E-state index contributed by atoms with van der Waals surface area (Å²) in [5.74, 6) is -0.686. The Morgan fingerprint density at radius 2 is 1.81 bits per heavy atom. The third-order valence-electron chi connectivity index (χ3n) is 3.48. The van der Waals surface area contributed by atoms with E-state index in [1.165, 1.54) is 18.4 Å². The first-order valence-electron chi connectivity index (χ1n) is 7.78. The first-order chi connectivity index (χ1) is 12.7. The molecule has 0 aliphatic rings. The number of ether oxygens (including phenoxy) is 2.